The monoisotopic (exact) mass is 318 g/mol. The maximum absolute atomic E-state index is 11.3. The van der Waals surface area contributed by atoms with Crippen molar-refractivity contribution in [1.29, 1.82) is 5.26 Å². The number of carbonyl (C=O) groups is 1. The summed E-state index contributed by atoms with van der Waals surface area (Å²) >= 11 is 0. The molecule has 1 aromatic rings. The summed E-state index contributed by atoms with van der Waals surface area (Å²) in [7, 11) is 1.73. The Hall–Kier alpha value is -1.94. The van der Waals surface area contributed by atoms with Gasteiger partial charge in [-0.15, -0.1) is 0 Å². The van der Waals surface area contributed by atoms with Crippen molar-refractivity contribution in [2.24, 2.45) is 5.92 Å². The number of nitriles is 1. The van der Waals surface area contributed by atoms with E-state index in [2.05, 4.69) is 21.5 Å². The van der Waals surface area contributed by atoms with Gasteiger partial charge in [-0.3, -0.25) is 9.48 Å². The first-order valence-corrected chi connectivity index (χ1v) is 8.40. The van der Waals surface area contributed by atoms with E-state index in [9.17, 15) is 4.79 Å². The lowest BCUT2D eigenvalue weighted by molar-refractivity contribution is -0.130. The summed E-state index contributed by atoms with van der Waals surface area (Å²) in [6.45, 7) is 2.14. The predicted molar refractivity (Wildman–Crippen MR) is 86.3 cm³/mol. The molecule has 1 saturated carbocycles. The second-order valence-electron chi connectivity index (χ2n) is 6.17. The van der Waals surface area contributed by atoms with Crippen LogP contribution in [-0.4, -0.2) is 51.8 Å². The second kappa shape index (κ2) is 9.26. The van der Waals surface area contributed by atoms with E-state index in [4.69, 9.17) is 5.26 Å². The van der Waals surface area contributed by atoms with Gasteiger partial charge in [0.25, 0.3) is 0 Å². The van der Waals surface area contributed by atoms with Crippen LogP contribution in [0.4, 0.5) is 0 Å². The summed E-state index contributed by atoms with van der Waals surface area (Å²) < 4.78 is 1.94. The summed E-state index contributed by atoms with van der Waals surface area (Å²) in [5.41, 5.74) is 0. The number of likely N-dealkylation sites (N-methyl/N-ethyl adjacent to an activating group) is 1. The smallest absolute Gasteiger partial charge is 0.237 e. The second-order valence-corrected chi connectivity index (χ2v) is 6.17. The minimum absolute atomic E-state index is 0.0292. The summed E-state index contributed by atoms with van der Waals surface area (Å²) in [6.07, 6.45) is 10.7. The number of carbonyl (C=O) groups excluding carboxylic acids is 1. The first-order chi connectivity index (χ1) is 11.2. The highest BCUT2D eigenvalue weighted by atomic mass is 16.2. The Bertz CT molecular complexity index is 503. The minimum atomic E-state index is -0.189. The number of hydrogen-bond acceptors (Lipinski definition) is 5. The van der Waals surface area contributed by atoms with Crippen LogP contribution in [0.3, 0.4) is 0 Å². The van der Waals surface area contributed by atoms with Gasteiger partial charge in [0.2, 0.25) is 5.91 Å². The van der Waals surface area contributed by atoms with Crippen molar-refractivity contribution in [2.75, 3.05) is 20.1 Å². The van der Waals surface area contributed by atoms with E-state index in [0.29, 0.717) is 6.54 Å². The molecule has 1 N–H and O–H groups in total. The zero-order chi connectivity index (χ0) is 16.5. The Kier molecular flexibility index (Phi) is 7.01. The fourth-order valence-electron chi connectivity index (χ4n) is 3.24. The van der Waals surface area contributed by atoms with Gasteiger partial charge in [-0.05, 0) is 38.6 Å². The number of amides is 1. The Balaban J connectivity index is 0.000000167. The van der Waals surface area contributed by atoms with Gasteiger partial charge in [0.05, 0.1) is 12.6 Å². The number of likely N-dealkylation sites (tertiary alicyclic amines) is 1. The SMILES string of the molecule is CNCC(=O)N1CCCC1C#N.c1ncn(CC2CCCC2)n1. The number of nitrogens with zero attached hydrogens (tertiary/aromatic N) is 5. The number of aromatic nitrogens is 3. The molecular weight excluding hydrogens is 292 g/mol. The molecule has 3 rings (SSSR count). The van der Waals surface area contributed by atoms with Gasteiger partial charge in [-0.2, -0.15) is 10.4 Å². The fraction of sp³-hybridized carbons (Fsp3) is 0.750. The molecule has 1 amide bonds. The zero-order valence-electron chi connectivity index (χ0n) is 13.8. The third-order valence-electron chi connectivity index (χ3n) is 4.44. The first-order valence-electron chi connectivity index (χ1n) is 8.40. The van der Waals surface area contributed by atoms with E-state index in [1.165, 1.54) is 25.7 Å². The number of nitrogens with one attached hydrogen (secondary N) is 1. The van der Waals surface area contributed by atoms with Crippen molar-refractivity contribution in [1.82, 2.24) is 25.0 Å². The molecule has 2 heterocycles. The molecule has 126 valence electrons. The Morgan fingerprint density at radius 3 is 2.74 bits per heavy atom. The van der Waals surface area contributed by atoms with Gasteiger partial charge < -0.3 is 10.2 Å². The highest BCUT2D eigenvalue weighted by Gasteiger charge is 2.27. The number of rotatable bonds is 4. The maximum Gasteiger partial charge on any atom is 0.237 e. The lowest BCUT2D eigenvalue weighted by Crippen LogP contribution is -2.39. The largest absolute Gasteiger partial charge is 0.326 e. The molecule has 23 heavy (non-hydrogen) atoms. The molecule has 1 saturated heterocycles. The van der Waals surface area contributed by atoms with Gasteiger partial charge in [0, 0.05) is 13.1 Å². The molecule has 1 aliphatic heterocycles. The van der Waals surface area contributed by atoms with Crippen molar-refractivity contribution in [3.05, 3.63) is 12.7 Å². The Morgan fingerprint density at radius 2 is 2.13 bits per heavy atom. The van der Waals surface area contributed by atoms with Crippen LogP contribution in [0.2, 0.25) is 0 Å². The average Bonchev–Trinajstić information content (AvgIpc) is 3.31. The predicted octanol–water partition coefficient (Wildman–Crippen LogP) is 1.19. The van der Waals surface area contributed by atoms with E-state index < -0.39 is 0 Å². The molecule has 2 aliphatic rings. The van der Waals surface area contributed by atoms with E-state index >= 15 is 0 Å². The standard InChI is InChI=1S/C8H13N3O.C8H13N3/c1-10-6-8(12)11-4-2-3-7(11)5-9;1-2-4-8(3-1)5-11-7-9-6-10-11/h7,10H,2-4,6H2,1H3;6-8H,1-5H2. The van der Waals surface area contributed by atoms with Gasteiger partial charge in [-0.1, -0.05) is 12.8 Å². The van der Waals surface area contributed by atoms with E-state index in [-0.39, 0.29) is 11.9 Å². The van der Waals surface area contributed by atoms with E-state index in [1.807, 2.05) is 4.68 Å². The molecule has 2 fully saturated rings. The summed E-state index contributed by atoms with van der Waals surface area (Å²) in [4.78, 5) is 16.9. The molecule has 0 aromatic carbocycles. The van der Waals surface area contributed by atoms with Crippen LogP contribution in [-0.2, 0) is 11.3 Å². The zero-order valence-corrected chi connectivity index (χ0v) is 13.8. The molecule has 7 heteroatoms. The van der Waals surface area contributed by atoms with Crippen LogP contribution in [0.1, 0.15) is 38.5 Å². The van der Waals surface area contributed by atoms with Gasteiger partial charge in [-0.25, -0.2) is 4.98 Å². The van der Waals surface area contributed by atoms with Crippen LogP contribution < -0.4 is 5.32 Å². The lowest BCUT2D eigenvalue weighted by atomic mass is 10.1. The van der Waals surface area contributed by atoms with Gasteiger partial charge in [0.1, 0.15) is 18.7 Å². The van der Waals surface area contributed by atoms with Crippen molar-refractivity contribution >= 4 is 5.91 Å². The van der Waals surface area contributed by atoms with Crippen LogP contribution in [0.25, 0.3) is 0 Å². The average molecular weight is 318 g/mol. The topological polar surface area (TPSA) is 86.8 Å². The third kappa shape index (κ3) is 5.32. The third-order valence-corrected chi connectivity index (χ3v) is 4.44. The van der Waals surface area contributed by atoms with Crippen molar-refractivity contribution in [2.45, 2.75) is 51.1 Å². The van der Waals surface area contributed by atoms with Crippen LogP contribution in [0.5, 0.6) is 0 Å². The first kappa shape index (κ1) is 17.4. The normalized spacial score (nSPS) is 20.9. The Labute approximate surface area is 137 Å². The van der Waals surface area contributed by atoms with Crippen LogP contribution in [0, 0.1) is 17.2 Å². The Morgan fingerprint density at radius 1 is 1.35 bits per heavy atom. The summed E-state index contributed by atoms with van der Waals surface area (Å²) in [5, 5.41) is 15.6. The van der Waals surface area contributed by atoms with Crippen molar-refractivity contribution < 1.29 is 4.79 Å². The van der Waals surface area contributed by atoms with Crippen molar-refractivity contribution in [3.8, 4) is 6.07 Å². The fourth-order valence-corrected chi connectivity index (χ4v) is 3.24. The molecule has 0 bridgehead atoms. The number of hydrogen-bond donors (Lipinski definition) is 1. The van der Waals surface area contributed by atoms with Crippen molar-refractivity contribution in [3.63, 3.8) is 0 Å². The van der Waals surface area contributed by atoms with E-state index in [0.717, 1.165) is 31.8 Å². The highest BCUT2D eigenvalue weighted by Crippen LogP contribution is 2.25. The molecule has 1 aliphatic carbocycles. The lowest BCUT2D eigenvalue weighted by Gasteiger charge is -2.18. The molecule has 1 atom stereocenters. The molecular formula is C16H26N6O. The molecule has 1 unspecified atom stereocenters. The minimum Gasteiger partial charge on any atom is -0.326 e. The molecule has 0 spiro atoms. The van der Waals surface area contributed by atoms with Gasteiger partial charge >= 0.3 is 0 Å². The summed E-state index contributed by atoms with van der Waals surface area (Å²) in [6, 6.07) is 1.94. The quantitative estimate of drug-likeness (QED) is 0.901. The van der Waals surface area contributed by atoms with Crippen LogP contribution in [0.15, 0.2) is 12.7 Å². The highest BCUT2D eigenvalue weighted by molar-refractivity contribution is 5.79. The molecule has 0 radical (unpaired) electrons. The van der Waals surface area contributed by atoms with Crippen LogP contribution >= 0.6 is 0 Å². The molecule has 1 aromatic heterocycles. The molecule has 7 nitrogen and oxygen atoms in total. The van der Waals surface area contributed by atoms with Gasteiger partial charge in [0.15, 0.2) is 0 Å². The summed E-state index contributed by atoms with van der Waals surface area (Å²) in [5.74, 6) is 0.887. The maximum atomic E-state index is 11.3. The van der Waals surface area contributed by atoms with E-state index in [1.54, 1.807) is 24.6 Å².